The summed E-state index contributed by atoms with van der Waals surface area (Å²) >= 11 is 1.97. The summed E-state index contributed by atoms with van der Waals surface area (Å²) < 4.78 is 0. The lowest BCUT2D eigenvalue weighted by Crippen LogP contribution is -2.37. The molecule has 16 heavy (non-hydrogen) atoms. The van der Waals surface area contributed by atoms with Crippen molar-refractivity contribution < 1.29 is 9.90 Å². The van der Waals surface area contributed by atoms with Crippen LogP contribution in [0.1, 0.15) is 45.4 Å². The highest BCUT2D eigenvalue weighted by atomic mass is 32.2. The maximum Gasteiger partial charge on any atom is 0.320 e. The Hall–Kier alpha value is -0.220. The molecular weight excluding hydrogens is 222 g/mol. The molecule has 4 heteroatoms. The summed E-state index contributed by atoms with van der Waals surface area (Å²) in [6.45, 7) is 2.68. The fourth-order valence-corrected chi connectivity index (χ4v) is 3.52. The van der Waals surface area contributed by atoms with Gasteiger partial charge >= 0.3 is 5.97 Å². The molecule has 0 radical (unpaired) electrons. The van der Waals surface area contributed by atoms with E-state index in [4.69, 9.17) is 5.11 Å². The van der Waals surface area contributed by atoms with Crippen LogP contribution in [0.5, 0.6) is 0 Å². The molecule has 0 aromatic carbocycles. The average Bonchev–Trinajstić information content (AvgIpc) is 2.29. The highest BCUT2D eigenvalue weighted by Gasteiger charge is 2.18. The summed E-state index contributed by atoms with van der Waals surface area (Å²) in [6.07, 6.45) is 7.48. The minimum Gasteiger partial charge on any atom is -0.480 e. The normalized spacial score (nSPS) is 19.6. The molecule has 0 spiro atoms. The molecule has 3 nitrogen and oxygen atoms in total. The molecule has 1 rings (SSSR count). The van der Waals surface area contributed by atoms with Gasteiger partial charge in [0.1, 0.15) is 6.04 Å². The van der Waals surface area contributed by atoms with Crippen LogP contribution in [0.2, 0.25) is 0 Å². The molecule has 1 aliphatic carbocycles. The highest BCUT2D eigenvalue weighted by molar-refractivity contribution is 7.99. The van der Waals surface area contributed by atoms with Crippen LogP contribution < -0.4 is 5.32 Å². The van der Waals surface area contributed by atoms with Crippen molar-refractivity contribution in [3.8, 4) is 0 Å². The summed E-state index contributed by atoms with van der Waals surface area (Å²) in [5.41, 5.74) is 0. The number of hydrogen-bond acceptors (Lipinski definition) is 3. The minimum atomic E-state index is -0.717. The Balaban J connectivity index is 2.13. The third-order valence-corrected chi connectivity index (χ3v) is 4.48. The molecule has 0 amide bonds. The van der Waals surface area contributed by atoms with Crippen molar-refractivity contribution in [1.82, 2.24) is 5.32 Å². The van der Waals surface area contributed by atoms with Crippen LogP contribution >= 0.6 is 11.8 Å². The SMILES string of the molecule is CCNC(CCSC1CCCCC1)C(=O)O. The van der Waals surface area contributed by atoms with Gasteiger partial charge < -0.3 is 10.4 Å². The maximum atomic E-state index is 10.9. The number of carbonyl (C=O) groups is 1. The number of rotatable bonds is 7. The molecule has 1 unspecified atom stereocenters. The Bertz CT molecular complexity index is 205. The standard InChI is InChI=1S/C12H23NO2S/c1-2-13-11(12(14)15)8-9-16-10-6-4-3-5-7-10/h10-11,13H,2-9H2,1H3,(H,14,15). The van der Waals surface area contributed by atoms with Crippen LogP contribution in [0.25, 0.3) is 0 Å². The van der Waals surface area contributed by atoms with Crippen LogP contribution in [-0.4, -0.2) is 34.7 Å². The molecule has 2 N–H and O–H groups in total. The molecule has 0 saturated heterocycles. The summed E-state index contributed by atoms with van der Waals surface area (Å²) in [4.78, 5) is 10.9. The second kappa shape index (κ2) is 7.96. The monoisotopic (exact) mass is 245 g/mol. The summed E-state index contributed by atoms with van der Waals surface area (Å²) in [7, 11) is 0. The topological polar surface area (TPSA) is 49.3 Å². The number of nitrogens with one attached hydrogen (secondary N) is 1. The Morgan fingerprint density at radius 3 is 2.69 bits per heavy atom. The van der Waals surface area contributed by atoms with Gasteiger partial charge in [0.2, 0.25) is 0 Å². The summed E-state index contributed by atoms with van der Waals surface area (Å²) in [5.74, 6) is 0.250. The molecule has 0 heterocycles. The van der Waals surface area contributed by atoms with Gasteiger partial charge in [-0.1, -0.05) is 26.2 Å². The van der Waals surface area contributed by atoms with Crippen molar-refractivity contribution in [2.75, 3.05) is 12.3 Å². The molecule has 1 fully saturated rings. The van der Waals surface area contributed by atoms with Crippen molar-refractivity contribution in [2.45, 2.75) is 56.7 Å². The molecule has 0 aliphatic heterocycles. The van der Waals surface area contributed by atoms with Crippen LogP contribution in [0.15, 0.2) is 0 Å². The predicted octanol–water partition coefficient (Wildman–Crippen LogP) is 2.51. The van der Waals surface area contributed by atoms with Crippen LogP contribution in [0, 0.1) is 0 Å². The summed E-state index contributed by atoms with van der Waals surface area (Å²) in [6, 6.07) is -0.360. The number of aliphatic carboxylic acids is 1. The van der Waals surface area contributed by atoms with Crippen LogP contribution in [0.4, 0.5) is 0 Å². The van der Waals surface area contributed by atoms with Crippen molar-refractivity contribution in [3.63, 3.8) is 0 Å². The number of thioether (sulfide) groups is 1. The minimum absolute atomic E-state index is 0.360. The van der Waals surface area contributed by atoms with E-state index in [0.29, 0.717) is 0 Å². The fraction of sp³-hybridized carbons (Fsp3) is 0.917. The average molecular weight is 245 g/mol. The largest absolute Gasteiger partial charge is 0.480 e. The van der Waals surface area contributed by atoms with E-state index in [-0.39, 0.29) is 6.04 Å². The second-order valence-electron chi connectivity index (χ2n) is 4.37. The van der Waals surface area contributed by atoms with E-state index in [1.54, 1.807) is 0 Å². The molecule has 0 aromatic heterocycles. The summed E-state index contributed by atoms with van der Waals surface area (Å²) in [5, 5.41) is 12.8. The Morgan fingerprint density at radius 1 is 1.44 bits per heavy atom. The lowest BCUT2D eigenvalue weighted by molar-refractivity contribution is -0.139. The van der Waals surface area contributed by atoms with Gasteiger partial charge in [-0.25, -0.2) is 0 Å². The van der Waals surface area contributed by atoms with Gasteiger partial charge in [0.15, 0.2) is 0 Å². The van der Waals surface area contributed by atoms with E-state index in [9.17, 15) is 4.79 Å². The third-order valence-electron chi connectivity index (χ3n) is 3.06. The second-order valence-corrected chi connectivity index (χ2v) is 5.78. The van der Waals surface area contributed by atoms with Gasteiger partial charge in [0.25, 0.3) is 0 Å². The first-order valence-corrected chi connectivity index (χ1v) is 7.36. The molecular formula is C12H23NO2S. The van der Waals surface area contributed by atoms with Crippen LogP contribution in [0.3, 0.4) is 0 Å². The first-order chi connectivity index (χ1) is 7.74. The highest BCUT2D eigenvalue weighted by Crippen LogP contribution is 2.28. The van der Waals surface area contributed by atoms with Crippen molar-refractivity contribution >= 4 is 17.7 Å². The van der Waals surface area contributed by atoms with Gasteiger partial charge in [-0.05, 0) is 31.6 Å². The smallest absolute Gasteiger partial charge is 0.320 e. The van der Waals surface area contributed by atoms with Crippen molar-refractivity contribution in [1.29, 1.82) is 0 Å². The third kappa shape index (κ3) is 5.21. The number of carboxylic acids is 1. The zero-order valence-corrected chi connectivity index (χ0v) is 10.9. The predicted molar refractivity (Wildman–Crippen MR) is 69.0 cm³/mol. The van der Waals surface area contributed by atoms with E-state index in [0.717, 1.165) is 24.0 Å². The van der Waals surface area contributed by atoms with E-state index < -0.39 is 5.97 Å². The molecule has 1 atom stereocenters. The lowest BCUT2D eigenvalue weighted by atomic mass is 10.0. The Kier molecular flexibility index (Phi) is 6.88. The van der Waals surface area contributed by atoms with Crippen molar-refractivity contribution in [3.05, 3.63) is 0 Å². The number of carboxylic acid groups (broad SMARTS) is 1. The van der Waals surface area contributed by atoms with Gasteiger partial charge in [-0.2, -0.15) is 11.8 Å². The zero-order valence-electron chi connectivity index (χ0n) is 10.1. The van der Waals surface area contributed by atoms with E-state index in [2.05, 4.69) is 5.32 Å². The van der Waals surface area contributed by atoms with Gasteiger partial charge in [0, 0.05) is 5.25 Å². The van der Waals surface area contributed by atoms with E-state index >= 15 is 0 Å². The quantitative estimate of drug-likeness (QED) is 0.723. The Labute approximate surface area is 102 Å². The lowest BCUT2D eigenvalue weighted by Gasteiger charge is -2.21. The first kappa shape index (κ1) is 13.8. The Morgan fingerprint density at radius 2 is 2.12 bits per heavy atom. The maximum absolute atomic E-state index is 10.9. The molecule has 94 valence electrons. The van der Waals surface area contributed by atoms with Gasteiger partial charge in [0.05, 0.1) is 0 Å². The zero-order chi connectivity index (χ0) is 11.8. The van der Waals surface area contributed by atoms with E-state index in [1.165, 1.54) is 32.1 Å². The van der Waals surface area contributed by atoms with Crippen molar-refractivity contribution in [2.24, 2.45) is 0 Å². The van der Waals surface area contributed by atoms with Gasteiger partial charge in [-0.3, -0.25) is 4.79 Å². The molecule has 1 saturated carbocycles. The molecule has 1 aliphatic rings. The van der Waals surface area contributed by atoms with E-state index in [1.807, 2.05) is 18.7 Å². The number of likely N-dealkylation sites (N-methyl/N-ethyl adjacent to an activating group) is 1. The first-order valence-electron chi connectivity index (χ1n) is 6.31. The van der Waals surface area contributed by atoms with Gasteiger partial charge in [-0.15, -0.1) is 0 Å². The molecule has 0 bridgehead atoms. The molecule has 0 aromatic rings. The van der Waals surface area contributed by atoms with Crippen LogP contribution in [-0.2, 0) is 4.79 Å². The number of hydrogen-bond donors (Lipinski definition) is 2. The fourth-order valence-electron chi connectivity index (χ4n) is 2.14.